The van der Waals surface area contributed by atoms with Gasteiger partial charge < -0.3 is 0 Å². The van der Waals surface area contributed by atoms with E-state index in [0.29, 0.717) is 5.25 Å². The van der Waals surface area contributed by atoms with Gasteiger partial charge in [-0.1, -0.05) is 48.0 Å². The van der Waals surface area contributed by atoms with Crippen LogP contribution in [0.2, 0.25) is 5.02 Å². The summed E-state index contributed by atoms with van der Waals surface area (Å²) in [4.78, 5) is 2.60. The number of rotatable bonds is 4. The molecule has 2 aromatic carbocycles. The molecule has 0 amide bonds. The predicted octanol–water partition coefficient (Wildman–Crippen LogP) is 6.28. The van der Waals surface area contributed by atoms with Gasteiger partial charge in [-0.05, 0) is 41.3 Å². The highest BCUT2D eigenvalue weighted by Crippen LogP contribution is 2.42. The van der Waals surface area contributed by atoms with E-state index in [9.17, 15) is 0 Å². The first kappa shape index (κ1) is 13.7. The van der Waals surface area contributed by atoms with Crippen LogP contribution in [0.5, 0.6) is 0 Å². The maximum Gasteiger partial charge on any atom is 0.0687 e. The molecule has 0 fully saturated rings. The van der Waals surface area contributed by atoms with E-state index in [1.807, 2.05) is 23.9 Å². The Morgan fingerprint density at radius 1 is 0.850 bits per heavy atom. The maximum atomic E-state index is 5.96. The molecule has 100 valence electrons. The minimum Gasteiger partial charge on any atom is -0.147 e. The second-order valence-electron chi connectivity index (χ2n) is 4.38. The van der Waals surface area contributed by atoms with E-state index >= 15 is 0 Å². The summed E-state index contributed by atoms with van der Waals surface area (Å²) in [6, 6.07) is 23.0. The number of benzene rings is 2. The summed E-state index contributed by atoms with van der Waals surface area (Å²) >= 11 is 9.62. The number of thioether (sulfide) groups is 1. The lowest BCUT2D eigenvalue weighted by atomic mass is 10.1. The summed E-state index contributed by atoms with van der Waals surface area (Å²) in [6.45, 7) is 0. The highest BCUT2D eigenvalue weighted by atomic mass is 35.5. The zero-order valence-corrected chi connectivity index (χ0v) is 13.1. The summed E-state index contributed by atoms with van der Waals surface area (Å²) in [5, 5.41) is 3.24. The van der Waals surface area contributed by atoms with E-state index in [2.05, 4.69) is 60.0 Å². The zero-order chi connectivity index (χ0) is 13.8. The van der Waals surface area contributed by atoms with Gasteiger partial charge in [-0.15, -0.1) is 23.1 Å². The molecule has 0 aliphatic heterocycles. The normalized spacial score (nSPS) is 12.2. The number of thiophene rings is 1. The van der Waals surface area contributed by atoms with Gasteiger partial charge in [0.15, 0.2) is 0 Å². The summed E-state index contributed by atoms with van der Waals surface area (Å²) in [7, 11) is 0. The zero-order valence-electron chi connectivity index (χ0n) is 10.7. The fourth-order valence-electron chi connectivity index (χ4n) is 2.01. The van der Waals surface area contributed by atoms with Crippen LogP contribution in [0.1, 0.15) is 15.7 Å². The molecule has 1 atom stereocenters. The molecule has 0 bridgehead atoms. The first-order valence-electron chi connectivity index (χ1n) is 6.33. The largest absolute Gasteiger partial charge is 0.147 e. The topological polar surface area (TPSA) is 0 Å². The summed E-state index contributed by atoms with van der Waals surface area (Å²) in [6.07, 6.45) is 0. The lowest BCUT2D eigenvalue weighted by Gasteiger charge is -2.15. The van der Waals surface area contributed by atoms with Gasteiger partial charge in [0.05, 0.1) is 5.25 Å². The quantitative estimate of drug-likeness (QED) is 0.510. The van der Waals surface area contributed by atoms with E-state index in [1.54, 1.807) is 11.3 Å². The third kappa shape index (κ3) is 3.26. The van der Waals surface area contributed by atoms with Crippen molar-refractivity contribution in [3.8, 4) is 0 Å². The maximum absolute atomic E-state index is 5.96. The minimum absolute atomic E-state index is 0.331. The first-order valence-corrected chi connectivity index (χ1v) is 8.47. The summed E-state index contributed by atoms with van der Waals surface area (Å²) < 4.78 is 0. The molecular formula is C17H13ClS2. The Labute approximate surface area is 132 Å². The number of hydrogen-bond donors (Lipinski definition) is 0. The van der Waals surface area contributed by atoms with Crippen molar-refractivity contribution in [3.05, 3.63) is 87.6 Å². The Bertz CT molecular complexity index is 645. The number of halogens is 1. The Morgan fingerprint density at radius 2 is 1.60 bits per heavy atom. The molecule has 0 radical (unpaired) electrons. The van der Waals surface area contributed by atoms with Crippen LogP contribution in [-0.2, 0) is 0 Å². The molecule has 1 aromatic heterocycles. The molecule has 0 saturated carbocycles. The molecule has 0 nitrogen and oxygen atoms in total. The Kier molecular flexibility index (Phi) is 4.46. The van der Waals surface area contributed by atoms with Crippen molar-refractivity contribution in [1.29, 1.82) is 0 Å². The standard InChI is InChI=1S/C17H13ClS2/c18-14-8-10-15(11-9-14)20-17(16-7-4-12-19-16)13-5-2-1-3-6-13/h1-12,17H. The predicted molar refractivity (Wildman–Crippen MR) is 89.9 cm³/mol. The summed E-state index contributed by atoms with van der Waals surface area (Å²) in [5.41, 5.74) is 1.33. The van der Waals surface area contributed by atoms with Crippen LogP contribution >= 0.6 is 34.7 Å². The van der Waals surface area contributed by atoms with Gasteiger partial charge in [0.25, 0.3) is 0 Å². The van der Waals surface area contributed by atoms with Crippen molar-refractivity contribution >= 4 is 34.7 Å². The molecule has 1 unspecified atom stereocenters. The van der Waals surface area contributed by atoms with Crippen LogP contribution in [0.25, 0.3) is 0 Å². The van der Waals surface area contributed by atoms with Gasteiger partial charge in [0.2, 0.25) is 0 Å². The Morgan fingerprint density at radius 3 is 2.25 bits per heavy atom. The molecule has 20 heavy (non-hydrogen) atoms. The summed E-state index contributed by atoms with van der Waals surface area (Å²) in [5.74, 6) is 0. The van der Waals surface area contributed by atoms with Crippen LogP contribution in [0.15, 0.2) is 77.0 Å². The highest BCUT2D eigenvalue weighted by molar-refractivity contribution is 7.99. The lowest BCUT2D eigenvalue weighted by molar-refractivity contribution is 1.19. The van der Waals surface area contributed by atoms with Gasteiger partial charge in [-0.2, -0.15) is 0 Å². The Hall–Kier alpha value is -1.22. The van der Waals surface area contributed by atoms with Crippen molar-refractivity contribution in [3.63, 3.8) is 0 Å². The molecular weight excluding hydrogens is 304 g/mol. The molecule has 1 heterocycles. The molecule has 3 heteroatoms. The molecule has 0 spiro atoms. The fraction of sp³-hybridized carbons (Fsp3) is 0.0588. The van der Waals surface area contributed by atoms with Crippen LogP contribution in [-0.4, -0.2) is 0 Å². The van der Waals surface area contributed by atoms with E-state index < -0.39 is 0 Å². The van der Waals surface area contributed by atoms with Crippen molar-refractivity contribution in [2.24, 2.45) is 0 Å². The molecule has 0 saturated heterocycles. The first-order chi connectivity index (χ1) is 9.83. The highest BCUT2D eigenvalue weighted by Gasteiger charge is 2.16. The molecule has 3 rings (SSSR count). The smallest absolute Gasteiger partial charge is 0.0687 e. The van der Waals surface area contributed by atoms with Gasteiger partial charge >= 0.3 is 0 Å². The van der Waals surface area contributed by atoms with Crippen LogP contribution in [0.4, 0.5) is 0 Å². The Balaban J connectivity index is 1.92. The molecule has 0 aliphatic rings. The fourth-order valence-corrected chi connectivity index (χ4v) is 4.23. The minimum atomic E-state index is 0.331. The van der Waals surface area contributed by atoms with E-state index in [0.717, 1.165) is 5.02 Å². The van der Waals surface area contributed by atoms with Crippen molar-refractivity contribution < 1.29 is 0 Å². The van der Waals surface area contributed by atoms with E-state index in [-0.39, 0.29) is 0 Å². The van der Waals surface area contributed by atoms with Crippen molar-refractivity contribution in [2.45, 2.75) is 10.1 Å². The average molecular weight is 317 g/mol. The van der Waals surface area contributed by atoms with Gasteiger partial charge in [-0.3, -0.25) is 0 Å². The lowest BCUT2D eigenvalue weighted by Crippen LogP contribution is -1.93. The van der Waals surface area contributed by atoms with Crippen molar-refractivity contribution in [2.75, 3.05) is 0 Å². The third-order valence-corrected chi connectivity index (χ3v) is 5.62. The molecule has 0 N–H and O–H groups in total. The van der Waals surface area contributed by atoms with E-state index in [1.165, 1.54) is 15.3 Å². The monoisotopic (exact) mass is 316 g/mol. The van der Waals surface area contributed by atoms with E-state index in [4.69, 9.17) is 11.6 Å². The average Bonchev–Trinajstić information content (AvgIpc) is 3.01. The van der Waals surface area contributed by atoms with Crippen LogP contribution < -0.4 is 0 Å². The second-order valence-corrected chi connectivity index (χ2v) is 6.97. The molecule has 0 aliphatic carbocycles. The second kappa shape index (κ2) is 6.49. The van der Waals surface area contributed by atoms with Gasteiger partial charge in [0, 0.05) is 14.8 Å². The van der Waals surface area contributed by atoms with Crippen LogP contribution in [0.3, 0.4) is 0 Å². The SMILES string of the molecule is Clc1ccc(SC(c2ccccc2)c2cccs2)cc1. The van der Waals surface area contributed by atoms with Crippen LogP contribution in [0, 0.1) is 0 Å². The van der Waals surface area contributed by atoms with Gasteiger partial charge in [0.1, 0.15) is 0 Å². The number of hydrogen-bond acceptors (Lipinski definition) is 2. The van der Waals surface area contributed by atoms with Gasteiger partial charge in [-0.25, -0.2) is 0 Å². The molecule has 3 aromatic rings. The van der Waals surface area contributed by atoms with Crippen molar-refractivity contribution in [1.82, 2.24) is 0 Å². The third-order valence-electron chi connectivity index (χ3n) is 2.97.